The lowest BCUT2D eigenvalue weighted by atomic mass is 9.68. The maximum absolute atomic E-state index is 5.86. The summed E-state index contributed by atoms with van der Waals surface area (Å²) in [6.45, 7) is 5.42. The van der Waals surface area contributed by atoms with Gasteiger partial charge in [0.05, 0.1) is 6.61 Å². The van der Waals surface area contributed by atoms with Crippen LogP contribution in [0, 0.1) is 23.7 Å². The molecule has 176 valence electrons. The smallest absolute Gasteiger partial charge is 0.119 e. The SMILES string of the molecule is CCCCCOc1ccc(CCC2CCC(C3CCC(CCCCC)CC3)CC2)cc1. The number of hydrogen-bond acceptors (Lipinski definition) is 1. The zero-order valence-electron chi connectivity index (χ0n) is 20.8. The first kappa shape index (κ1) is 24.7. The van der Waals surface area contributed by atoms with Crippen LogP contribution in [-0.4, -0.2) is 6.61 Å². The van der Waals surface area contributed by atoms with Crippen LogP contribution in [0.2, 0.25) is 0 Å². The number of aryl methyl sites for hydroxylation is 1. The molecule has 3 rings (SSSR count). The molecule has 0 aliphatic heterocycles. The molecule has 1 aromatic rings. The second-order valence-corrected chi connectivity index (χ2v) is 10.8. The van der Waals surface area contributed by atoms with Crippen LogP contribution in [-0.2, 0) is 6.42 Å². The van der Waals surface area contributed by atoms with Crippen molar-refractivity contribution >= 4 is 0 Å². The van der Waals surface area contributed by atoms with Crippen molar-refractivity contribution in [1.82, 2.24) is 0 Å². The Hall–Kier alpha value is -0.980. The average molecular weight is 427 g/mol. The molecule has 0 heterocycles. The Balaban J connectivity index is 1.28. The van der Waals surface area contributed by atoms with Crippen LogP contribution in [0.1, 0.15) is 122 Å². The molecule has 2 saturated carbocycles. The van der Waals surface area contributed by atoms with Gasteiger partial charge in [-0.15, -0.1) is 0 Å². The van der Waals surface area contributed by atoms with Gasteiger partial charge in [0.1, 0.15) is 5.75 Å². The predicted octanol–water partition coefficient (Wildman–Crippen LogP) is 9.38. The highest BCUT2D eigenvalue weighted by molar-refractivity contribution is 5.27. The third-order valence-electron chi connectivity index (χ3n) is 8.45. The molecule has 2 aliphatic rings. The quantitative estimate of drug-likeness (QED) is 0.285. The third kappa shape index (κ3) is 8.82. The average Bonchev–Trinajstić information content (AvgIpc) is 2.82. The number of unbranched alkanes of at least 4 members (excludes halogenated alkanes) is 4. The van der Waals surface area contributed by atoms with E-state index in [4.69, 9.17) is 4.74 Å². The van der Waals surface area contributed by atoms with Crippen molar-refractivity contribution in [2.24, 2.45) is 23.7 Å². The summed E-state index contributed by atoms with van der Waals surface area (Å²) in [5.74, 6) is 5.18. The van der Waals surface area contributed by atoms with Crippen molar-refractivity contribution in [3.63, 3.8) is 0 Å². The van der Waals surface area contributed by atoms with Crippen LogP contribution >= 0.6 is 0 Å². The second-order valence-electron chi connectivity index (χ2n) is 10.8. The van der Waals surface area contributed by atoms with Crippen molar-refractivity contribution in [3.8, 4) is 5.75 Å². The first-order valence-corrected chi connectivity index (χ1v) is 14.0. The lowest BCUT2D eigenvalue weighted by Crippen LogP contribution is -2.26. The van der Waals surface area contributed by atoms with E-state index in [9.17, 15) is 0 Å². The molecule has 1 aromatic carbocycles. The van der Waals surface area contributed by atoms with Crippen molar-refractivity contribution in [2.75, 3.05) is 6.61 Å². The Morgan fingerprint density at radius 3 is 1.77 bits per heavy atom. The van der Waals surface area contributed by atoms with E-state index in [-0.39, 0.29) is 0 Å². The summed E-state index contributed by atoms with van der Waals surface area (Å²) in [6, 6.07) is 8.94. The molecule has 0 radical (unpaired) electrons. The molecule has 0 bridgehead atoms. The monoisotopic (exact) mass is 426 g/mol. The highest BCUT2D eigenvalue weighted by Gasteiger charge is 2.30. The molecule has 0 aromatic heterocycles. The van der Waals surface area contributed by atoms with Gasteiger partial charge in [0.25, 0.3) is 0 Å². The Bertz CT molecular complexity index is 561. The van der Waals surface area contributed by atoms with Crippen LogP contribution in [0.5, 0.6) is 5.75 Å². The molecule has 1 heteroatoms. The predicted molar refractivity (Wildman–Crippen MR) is 135 cm³/mol. The van der Waals surface area contributed by atoms with Crippen LogP contribution < -0.4 is 4.74 Å². The summed E-state index contributed by atoms with van der Waals surface area (Å²) in [5.41, 5.74) is 1.49. The van der Waals surface area contributed by atoms with Crippen LogP contribution in [0.25, 0.3) is 0 Å². The first-order chi connectivity index (χ1) is 15.3. The van der Waals surface area contributed by atoms with Crippen molar-refractivity contribution in [3.05, 3.63) is 29.8 Å². The first-order valence-electron chi connectivity index (χ1n) is 14.0. The Morgan fingerprint density at radius 1 is 0.645 bits per heavy atom. The number of ether oxygens (including phenoxy) is 1. The minimum Gasteiger partial charge on any atom is -0.494 e. The highest BCUT2D eigenvalue weighted by atomic mass is 16.5. The van der Waals surface area contributed by atoms with Gasteiger partial charge in [0, 0.05) is 0 Å². The molecule has 0 saturated heterocycles. The van der Waals surface area contributed by atoms with Gasteiger partial charge in [-0.2, -0.15) is 0 Å². The highest BCUT2D eigenvalue weighted by Crippen LogP contribution is 2.43. The topological polar surface area (TPSA) is 9.23 Å². The fourth-order valence-corrected chi connectivity index (χ4v) is 6.24. The summed E-state index contributed by atoms with van der Waals surface area (Å²) in [7, 11) is 0. The van der Waals surface area contributed by atoms with Gasteiger partial charge in [-0.25, -0.2) is 0 Å². The van der Waals surface area contributed by atoms with Gasteiger partial charge in [-0.05, 0) is 86.3 Å². The van der Waals surface area contributed by atoms with Gasteiger partial charge < -0.3 is 4.74 Å². The molecule has 2 aliphatic carbocycles. The minimum absolute atomic E-state index is 0.858. The fourth-order valence-electron chi connectivity index (χ4n) is 6.24. The molecular weight excluding hydrogens is 376 g/mol. The largest absolute Gasteiger partial charge is 0.494 e. The van der Waals surface area contributed by atoms with E-state index in [0.29, 0.717) is 0 Å². The fraction of sp³-hybridized carbons (Fsp3) is 0.800. The molecular formula is C30H50O. The van der Waals surface area contributed by atoms with Gasteiger partial charge >= 0.3 is 0 Å². The van der Waals surface area contributed by atoms with Gasteiger partial charge in [0.15, 0.2) is 0 Å². The van der Waals surface area contributed by atoms with E-state index >= 15 is 0 Å². The Labute approximate surface area is 193 Å². The normalized spacial score (nSPS) is 26.6. The maximum Gasteiger partial charge on any atom is 0.119 e. The third-order valence-corrected chi connectivity index (χ3v) is 8.45. The standard InChI is InChI=1S/C30H50O/c1-3-5-7-9-25-12-18-28(19-13-25)29-20-14-26(15-21-29)10-11-27-16-22-30(23-17-27)31-24-8-6-4-2/h16-17,22-23,25-26,28-29H,3-15,18-21,24H2,1-2H3. The molecule has 0 unspecified atom stereocenters. The van der Waals surface area contributed by atoms with E-state index in [2.05, 4.69) is 38.1 Å². The van der Waals surface area contributed by atoms with Gasteiger partial charge in [-0.1, -0.05) is 90.2 Å². The molecule has 2 fully saturated rings. The number of hydrogen-bond donors (Lipinski definition) is 0. The lowest BCUT2D eigenvalue weighted by molar-refractivity contribution is 0.140. The van der Waals surface area contributed by atoms with Crippen LogP contribution in [0.3, 0.4) is 0 Å². The van der Waals surface area contributed by atoms with Crippen molar-refractivity contribution in [2.45, 2.75) is 123 Å². The molecule has 0 atom stereocenters. The zero-order chi connectivity index (χ0) is 21.7. The summed E-state index contributed by atoms with van der Waals surface area (Å²) in [4.78, 5) is 0. The molecule has 0 amide bonds. The van der Waals surface area contributed by atoms with E-state index in [1.165, 1.54) is 102 Å². The van der Waals surface area contributed by atoms with E-state index in [1.54, 1.807) is 12.8 Å². The van der Waals surface area contributed by atoms with Gasteiger partial charge in [-0.3, -0.25) is 0 Å². The lowest BCUT2D eigenvalue weighted by Gasteiger charge is -2.38. The minimum atomic E-state index is 0.858. The Kier molecular flexibility index (Phi) is 11.3. The van der Waals surface area contributed by atoms with E-state index in [1.807, 2.05) is 0 Å². The second kappa shape index (κ2) is 14.2. The van der Waals surface area contributed by atoms with Crippen LogP contribution in [0.4, 0.5) is 0 Å². The number of benzene rings is 1. The van der Waals surface area contributed by atoms with E-state index < -0.39 is 0 Å². The van der Waals surface area contributed by atoms with Gasteiger partial charge in [0.2, 0.25) is 0 Å². The zero-order valence-corrected chi connectivity index (χ0v) is 20.8. The molecule has 0 spiro atoms. The van der Waals surface area contributed by atoms with Crippen molar-refractivity contribution in [1.29, 1.82) is 0 Å². The maximum atomic E-state index is 5.86. The summed E-state index contributed by atoms with van der Waals surface area (Å²) < 4.78 is 5.86. The molecule has 31 heavy (non-hydrogen) atoms. The van der Waals surface area contributed by atoms with Crippen molar-refractivity contribution < 1.29 is 4.74 Å². The number of rotatable bonds is 13. The summed E-state index contributed by atoms with van der Waals surface area (Å²) in [5, 5.41) is 0. The van der Waals surface area contributed by atoms with E-state index in [0.717, 1.165) is 36.0 Å². The molecule has 1 nitrogen and oxygen atoms in total. The Morgan fingerprint density at radius 2 is 1.19 bits per heavy atom. The summed E-state index contributed by atoms with van der Waals surface area (Å²) >= 11 is 0. The van der Waals surface area contributed by atoms with Crippen LogP contribution in [0.15, 0.2) is 24.3 Å². The molecule has 0 N–H and O–H groups in total. The summed E-state index contributed by atoms with van der Waals surface area (Å²) in [6.07, 6.45) is 24.3.